The summed E-state index contributed by atoms with van der Waals surface area (Å²) in [5, 5.41) is 3.04. The maximum atomic E-state index is 12.5. The molecule has 27 heavy (non-hydrogen) atoms. The molecule has 1 atom stereocenters. The first-order valence-electron chi connectivity index (χ1n) is 7.97. The molecule has 7 nitrogen and oxygen atoms in total. The highest BCUT2D eigenvalue weighted by atomic mass is 35.5. The molecule has 0 spiro atoms. The van der Waals surface area contributed by atoms with Crippen molar-refractivity contribution in [2.24, 2.45) is 0 Å². The van der Waals surface area contributed by atoms with Gasteiger partial charge in [-0.25, -0.2) is 4.79 Å². The summed E-state index contributed by atoms with van der Waals surface area (Å²) in [6, 6.07) is 9.72. The van der Waals surface area contributed by atoms with Gasteiger partial charge < -0.3 is 24.3 Å². The van der Waals surface area contributed by atoms with Gasteiger partial charge in [-0.2, -0.15) is 0 Å². The average molecular weight is 394 g/mol. The lowest BCUT2D eigenvalue weighted by Gasteiger charge is -2.18. The van der Waals surface area contributed by atoms with Crippen molar-refractivity contribution in [2.75, 3.05) is 26.6 Å². The fourth-order valence-corrected chi connectivity index (χ4v) is 2.46. The number of methoxy groups -OCH3 is 3. The lowest BCUT2D eigenvalue weighted by molar-refractivity contribution is -0.122. The second-order valence-corrected chi connectivity index (χ2v) is 5.83. The molecule has 1 amide bonds. The van der Waals surface area contributed by atoms with Crippen LogP contribution >= 0.6 is 11.6 Å². The summed E-state index contributed by atoms with van der Waals surface area (Å²) in [5.74, 6) is -0.0584. The molecule has 0 unspecified atom stereocenters. The number of hydrogen-bond acceptors (Lipinski definition) is 6. The monoisotopic (exact) mass is 393 g/mol. The van der Waals surface area contributed by atoms with Crippen LogP contribution in [-0.4, -0.2) is 39.3 Å². The first kappa shape index (κ1) is 20.4. The number of nitrogens with one attached hydrogen (secondary N) is 1. The van der Waals surface area contributed by atoms with Crippen molar-refractivity contribution >= 4 is 29.2 Å². The molecule has 144 valence electrons. The van der Waals surface area contributed by atoms with Gasteiger partial charge in [0.2, 0.25) is 0 Å². The van der Waals surface area contributed by atoms with E-state index in [1.807, 2.05) is 0 Å². The van der Waals surface area contributed by atoms with Crippen molar-refractivity contribution in [1.29, 1.82) is 0 Å². The van der Waals surface area contributed by atoms with Gasteiger partial charge in [-0.15, -0.1) is 0 Å². The summed E-state index contributed by atoms with van der Waals surface area (Å²) in [6.07, 6.45) is -0.872. The minimum absolute atomic E-state index is 0.119. The van der Waals surface area contributed by atoms with E-state index in [1.165, 1.54) is 33.5 Å². The van der Waals surface area contributed by atoms with Crippen molar-refractivity contribution in [3.05, 3.63) is 47.0 Å². The summed E-state index contributed by atoms with van der Waals surface area (Å²) in [6.45, 7) is 1.57. The van der Waals surface area contributed by atoms with Crippen LogP contribution in [0, 0.1) is 0 Å². The lowest BCUT2D eigenvalue weighted by Crippen LogP contribution is -2.31. The largest absolute Gasteiger partial charge is 0.493 e. The Balaban J connectivity index is 2.27. The average Bonchev–Trinajstić information content (AvgIpc) is 2.68. The number of benzene rings is 2. The molecule has 8 heteroatoms. The maximum absolute atomic E-state index is 12.5. The third-order valence-electron chi connectivity index (χ3n) is 3.70. The van der Waals surface area contributed by atoms with E-state index in [-0.39, 0.29) is 11.3 Å². The van der Waals surface area contributed by atoms with Crippen molar-refractivity contribution in [3.63, 3.8) is 0 Å². The molecule has 0 aromatic heterocycles. The van der Waals surface area contributed by atoms with E-state index in [4.69, 9.17) is 30.5 Å². The zero-order chi connectivity index (χ0) is 20.0. The van der Waals surface area contributed by atoms with Crippen LogP contribution in [0.2, 0.25) is 5.02 Å². The van der Waals surface area contributed by atoms with Gasteiger partial charge in [0.1, 0.15) is 5.75 Å². The highest BCUT2D eigenvalue weighted by Gasteiger charge is 2.22. The number of halogens is 1. The van der Waals surface area contributed by atoms with E-state index in [0.29, 0.717) is 22.3 Å². The second kappa shape index (κ2) is 9.14. The van der Waals surface area contributed by atoms with E-state index in [2.05, 4.69) is 5.32 Å². The minimum Gasteiger partial charge on any atom is -0.493 e. The Kier molecular flexibility index (Phi) is 6.90. The van der Waals surface area contributed by atoms with Gasteiger partial charge in [0.15, 0.2) is 17.6 Å². The molecule has 0 fully saturated rings. The van der Waals surface area contributed by atoms with Gasteiger partial charge >= 0.3 is 5.97 Å². The fraction of sp³-hybridized carbons (Fsp3) is 0.263. The van der Waals surface area contributed by atoms with Crippen LogP contribution in [0.1, 0.15) is 17.3 Å². The second-order valence-electron chi connectivity index (χ2n) is 5.42. The van der Waals surface area contributed by atoms with Crippen molar-refractivity contribution in [3.8, 4) is 17.2 Å². The zero-order valence-electron chi connectivity index (χ0n) is 15.4. The van der Waals surface area contributed by atoms with Crippen LogP contribution in [-0.2, 0) is 9.53 Å². The number of rotatable bonds is 7. The Hall–Kier alpha value is -2.93. The summed E-state index contributed by atoms with van der Waals surface area (Å²) in [7, 11) is 4.13. The van der Waals surface area contributed by atoms with Gasteiger partial charge in [-0.1, -0.05) is 23.7 Å². The molecule has 0 aliphatic rings. The van der Waals surface area contributed by atoms with Crippen LogP contribution in [0.4, 0.5) is 5.69 Å². The summed E-state index contributed by atoms with van der Waals surface area (Å²) in [4.78, 5) is 24.6. The molecule has 0 heterocycles. The van der Waals surface area contributed by atoms with E-state index in [0.717, 1.165) is 0 Å². The standard InChI is InChI=1S/C19H20ClNO6/c1-11(27-15-8-6-5-7-13(15)20)18(22)21-14-10-17(25-3)16(24-2)9-12(14)19(23)26-4/h5-11H,1-4H3,(H,21,22)/t11-/m1/s1. The normalized spacial score (nSPS) is 11.3. The van der Waals surface area contributed by atoms with Gasteiger partial charge in [0.25, 0.3) is 5.91 Å². The van der Waals surface area contributed by atoms with Gasteiger partial charge in [0, 0.05) is 12.1 Å². The number of esters is 1. The molecule has 1 N–H and O–H groups in total. The first-order chi connectivity index (χ1) is 12.9. The Labute approximate surface area is 162 Å². The van der Waals surface area contributed by atoms with Crippen LogP contribution in [0.5, 0.6) is 17.2 Å². The molecule has 0 saturated carbocycles. The molecule has 0 bridgehead atoms. The number of carbonyl (C=O) groups is 2. The van der Waals surface area contributed by atoms with E-state index < -0.39 is 18.0 Å². The first-order valence-corrected chi connectivity index (χ1v) is 8.35. The summed E-state index contributed by atoms with van der Waals surface area (Å²) >= 11 is 6.04. The summed E-state index contributed by atoms with van der Waals surface area (Å²) in [5.41, 5.74) is 0.326. The summed E-state index contributed by atoms with van der Waals surface area (Å²) < 4.78 is 20.8. The molecule has 0 saturated heterocycles. The van der Waals surface area contributed by atoms with E-state index in [9.17, 15) is 9.59 Å². The third kappa shape index (κ3) is 4.83. The van der Waals surface area contributed by atoms with Gasteiger partial charge in [-0.3, -0.25) is 4.79 Å². The quantitative estimate of drug-likeness (QED) is 0.724. The number of amides is 1. The van der Waals surface area contributed by atoms with E-state index >= 15 is 0 Å². The molecule has 0 radical (unpaired) electrons. The van der Waals surface area contributed by atoms with Crippen LogP contribution in [0.25, 0.3) is 0 Å². The fourth-order valence-electron chi connectivity index (χ4n) is 2.28. The lowest BCUT2D eigenvalue weighted by atomic mass is 10.1. The van der Waals surface area contributed by atoms with Crippen molar-refractivity contribution in [2.45, 2.75) is 13.0 Å². The Bertz CT molecular complexity index is 839. The number of hydrogen-bond donors (Lipinski definition) is 1. The highest BCUT2D eigenvalue weighted by Crippen LogP contribution is 2.34. The number of ether oxygens (including phenoxy) is 4. The predicted molar refractivity (Wildman–Crippen MR) is 101 cm³/mol. The van der Waals surface area contributed by atoms with Crippen molar-refractivity contribution < 1.29 is 28.5 Å². The molecule has 2 aromatic carbocycles. The Morgan fingerprint density at radius 2 is 1.63 bits per heavy atom. The predicted octanol–water partition coefficient (Wildman–Crippen LogP) is 3.55. The van der Waals surface area contributed by atoms with Crippen molar-refractivity contribution in [1.82, 2.24) is 0 Å². The minimum atomic E-state index is -0.872. The Morgan fingerprint density at radius 1 is 1.00 bits per heavy atom. The van der Waals surface area contributed by atoms with E-state index in [1.54, 1.807) is 31.2 Å². The molecular formula is C19H20ClNO6. The Morgan fingerprint density at radius 3 is 2.22 bits per heavy atom. The molecule has 0 aliphatic heterocycles. The number of anilines is 1. The van der Waals surface area contributed by atoms with Gasteiger partial charge in [-0.05, 0) is 19.1 Å². The number of para-hydroxylation sites is 1. The molecule has 0 aliphatic carbocycles. The topological polar surface area (TPSA) is 83.1 Å². The number of carbonyl (C=O) groups excluding carboxylic acids is 2. The van der Waals surface area contributed by atoms with Crippen LogP contribution in [0.15, 0.2) is 36.4 Å². The molecule has 2 rings (SSSR count). The van der Waals surface area contributed by atoms with Gasteiger partial charge in [0.05, 0.1) is 37.6 Å². The van der Waals surface area contributed by atoms with Crippen LogP contribution < -0.4 is 19.5 Å². The smallest absolute Gasteiger partial charge is 0.340 e. The third-order valence-corrected chi connectivity index (χ3v) is 4.01. The van der Waals surface area contributed by atoms with Crippen LogP contribution in [0.3, 0.4) is 0 Å². The zero-order valence-corrected chi connectivity index (χ0v) is 16.1. The highest BCUT2D eigenvalue weighted by molar-refractivity contribution is 6.32. The molecule has 2 aromatic rings. The SMILES string of the molecule is COC(=O)c1cc(OC)c(OC)cc1NC(=O)[C@@H](C)Oc1ccccc1Cl. The molecular weight excluding hydrogens is 374 g/mol. The maximum Gasteiger partial charge on any atom is 0.340 e.